The highest BCUT2D eigenvalue weighted by Gasteiger charge is 2.25. The van der Waals surface area contributed by atoms with Gasteiger partial charge in [-0.2, -0.15) is 0 Å². The van der Waals surface area contributed by atoms with Crippen LogP contribution in [0.4, 0.5) is 0 Å². The second kappa shape index (κ2) is 5.74. The van der Waals surface area contributed by atoms with Gasteiger partial charge in [0, 0.05) is 5.54 Å². The maximum Gasteiger partial charge on any atom is 0.234 e. The molecule has 0 aromatic rings. The highest BCUT2D eigenvalue weighted by molar-refractivity contribution is 9.10. The minimum atomic E-state index is -0.0905. The van der Waals surface area contributed by atoms with E-state index in [0.29, 0.717) is 5.92 Å². The van der Waals surface area contributed by atoms with Crippen molar-refractivity contribution in [3.63, 3.8) is 0 Å². The fourth-order valence-corrected chi connectivity index (χ4v) is 1.51. The SMILES string of the molecule is CCCC(C)(C)NC(=O)C(Br)C(C)C. The number of halogens is 1. The number of alkyl halides is 1. The average molecular weight is 264 g/mol. The van der Waals surface area contributed by atoms with Crippen molar-refractivity contribution in [3.8, 4) is 0 Å². The topological polar surface area (TPSA) is 29.1 Å². The van der Waals surface area contributed by atoms with E-state index in [0.717, 1.165) is 12.8 Å². The molecule has 0 aromatic carbocycles. The van der Waals surface area contributed by atoms with Crippen LogP contribution >= 0.6 is 15.9 Å². The van der Waals surface area contributed by atoms with Crippen LogP contribution < -0.4 is 5.32 Å². The van der Waals surface area contributed by atoms with E-state index in [1.807, 2.05) is 13.8 Å². The summed E-state index contributed by atoms with van der Waals surface area (Å²) in [7, 11) is 0. The van der Waals surface area contributed by atoms with E-state index in [9.17, 15) is 4.79 Å². The zero-order chi connectivity index (χ0) is 11.4. The molecule has 0 radical (unpaired) electrons. The molecule has 1 N–H and O–H groups in total. The van der Waals surface area contributed by atoms with Crippen molar-refractivity contribution in [2.24, 2.45) is 5.92 Å². The number of hydrogen-bond donors (Lipinski definition) is 1. The summed E-state index contributed by atoms with van der Waals surface area (Å²) in [5, 5.41) is 3.05. The lowest BCUT2D eigenvalue weighted by atomic mass is 9.98. The van der Waals surface area contributed by atoms with Gasteiger partial charge >= 0.3 is 0 Å². The Morgan fingerprint density at radius 3 is 2.29 bits per heavy atom. The molecule has 0 aliphatic rings. The molecule has 1 amide bonds. The molecule has 0 spiro atoms. The molecule has 1 unspecified atom stereocenters. The number of nitrogens with one attached hydrogen (secondary N) is 1. The van der Waals surface area contributed by atoms with Crippen molar-refractivity contribution >= 4 is 21.8 Å². The molecule has 0 rings (SSSR count). The van der Waals surface area contributed by atoms with Crippen molar-refractivity contribution in [1.82, 2.24) is 5.32 Å². The van der Waals surface area contributed by atoms with Crippen LogP contribution in [0.25, 0.3) is 0 Å². The molecule has 14 heavy (non-hydrogen) atoms. The largest absolute Gasteiger partial charge is 0.350 e. The fourth-order valence-electron chi connectivity index (χ4n) is 1.39. The van der Waals surface area contributed by atoms with Crippen molar-refractivity contribution in [2.45, 2.75) is 57.8 Å². The Hall–Kier alpha value is -0.0500. The molecule has 0 aliphatic carbocycles. The summed E-state index contributed by atoms with van der Waals surface area (Å²) >= 11 is 3.40. The third-order valence-corrected chi connectivity index (χ3v) is 3.65. The molecule has 0 saturated heterocycles. The van der Waals surface area contributed by atoms with Gasteiger partial charge in [-0.3, -0.25) is 4.79 Å². The molecule has 0 aliphatic heterocycles. The summed E-state index contributed by atoms with van der Waals surface area (Å²) in [4.78, 5) is 11.6. The van der Waals surface area contributed by atoms with Crippen LogP contribution in [0, 0.1) is 5.92 Å². The van der Waals surface area contributed by atoms with Crippen molar-refractivity contribution in [1.29, 1.82) is 0 Å². The molecule has 1 atom stereocenters. The average Bonchev–Trinajstić information content (AvgIpc) is 2.01. The molecular formula is C11H22BrNO. The lowest BCUT2D eigenvalue weighted by Gasteiger charge is -2.28. The summed E-state index contributed by atoms with van der Waals surface area (Å²) in [6, 6.07) is 0. The van der Waals surface area contributed by atoms with Gasteiger partial charge in [0.05, 0.1) is 4.83 Å². The lowest BCUT2D eigenvalue weighted by Crippen LogP contribution is -2.47. The van der Waals surface area contributed by atoms with E-state index in [1.165, 1.54) is 0 Å². The second-order valence-corrected chi connectivity index (χ2v) is 5.76. The van der Waals surface area contributed by atoms with Crippen LogP contribution in [0.3, 0.4) is 0 Å². The first-order valence-electron chi connectivity index (χ1n) is 5.26. The van der Waals surface area contributed by atoms with Gasteiger partial charge in [-0.15, -0.1) is 0 Å². The third kappa shape index (κ3) is 4.99. The van der Waals surface area contributed by atoms with Crippen LogP contribution in [0.5, 0.6) is 0 Å². The normalized spacial score (nSPS) is 14.2. The van der Waals surface area contributed by atoms with Gasteiger partial charge in [-0.05, 0) is 26.2 Å². The molecule has 0 fully saturated rings. The third-order valence-electron chi connectivity index (χ3n) is 2.17. The van der Waals surface area contributed by atoms with Crippen LogP contribution in [0.2, 0.25) is 0 Å². The van der Waals surface area contributed by atoms with E-state index in [4.69, 9.17) is 0 Å². The molecule has 0 aromatic heterocycles. The van der Waals surface area contributed by atoms with Gasteiger partial charge in [-0.1, -0.05) is 43.1 Å². The smallest absolute Gasteiger partial charge is 0.234 e. The van der Waals surface area contributed by atoms with Crippen LogP contribution in [-0.4, -0.2) is 16.3 Å². The van der Waals surface area contributed by atoms with Gasteiger partial charge in [-0.25, -0.2) is 0 Å². The summed E-state index contributed by atoms with van der Waals surface area (Å²) in [6.07, 6.45) is 2.10. The Balaban J connectivity index is 4.17. The summed E-state index contributed by atoms with van der Waals surface area (Å²) in [6.45, 7) is 10.3. The zero-order valence-electron chi connectivity index (χ0n) is 9.86. The predicted octanol–water partition coefficient (Wildman–Crippen LogP) is 3.10. The molecule has 3 heteroatoms. The summed E-state index contributed by atoms with van der Waals surface area (Å²) in [5.74, 6) is 0.422. The Kier molecular flexibility index (Phi) is 5.72. The highest BCUT2D eigenvalue weighted by atomic mass is 79.9. The predicted molar refractivity (Wildman–Crippen MR) is 64.7 cm³/mol. The molecule has 84 valence electrons. The fraction of sp³-hybridized carbons (Fsp3) is 0.909. The number of rotatable bonds is 5. The zero-order valence-corrected chi connectivity index (χ0v) is 11.4. The van der Waals surface area contributed by atoms with E-state index < -0.39 is 0 Å². The van der Waals surface area contributed by atoms with Gasteiger partial charge in [0.15, 0.2) is 0 Å². The van der Waals surface area contributed by atoms with Crippen LogP contribution in [-0.2, 0) is 4.79 Å². The van der Waals surface area contributed by atoms with E-state index in [-0.39, 0.29) is 16.3 Å². The molecule has 0 heterocycles. The second-order valence-electron chi connectivity index (χ2n) is 4.77. The Morgan fingerprint density at radius 2 is 1.93 bits per heavy atom. The van der Waals surface area contributed by atoms with E-state index in [1.54, 1.807) is 0 Å². The Labute approximate surface area is 96.0 Å². The van der Waals surface area contributed by atoms with Crippen molar-refractivity contribution < 1.29 is 4.79 Å². The van der Waals surface area contributed by atoms with Crippen LogP contribution in [0.15, 0.2) is 0 Å². The van der Waals surface area contributed by atoms with Crippen molar-refractivity contribution in [3.05, 3.63) is 0 Å². The van der Waals surface area contributed by atoms with Gasteiger partial charge in [0.1, 0.15) is 0 Å². The first-order valence-corrected chi connectivity index (χ1v) is 6.18. The van der Waals surface area contributed by atoms with Crippen molar-refractivity contribution in [2.75, 3.05) is 0 Å². The molecule has 2 nitrogen and oxygen atoms in total. The molecular weight excluding hydrogens is 242 g/mol. The maximum atomic E-state index is 11.7. The minimum Gasteiger partial charge on any atom is -0.350 e. The summed E-state index contributed by atoms with van der Waals surface area (Å²) in [5.41, 5.74) is -0.0905. The maximum absolute atomic E-state index is 11.7. The van der Waals surface area contributed by atoms with Gasteiger partial charge < -0.3 is 5.32 Å². The minimum absolute atomic E-state index is 0.0846. The first-order chi connectivity index (χ1) is 6.30. The van der Waals surface area contributed by atoms with Gasteiger partial charge in [0.25, 0.3) is 0 Å². The molecule has 0 saturated carbocycles. The monoisotopic (exact) mass is 263 g/mol. The quantitative estimate of drug-likeness (QED) is 0.759. The Bertz CT molecular complexity index is 190. The number of carbonyl (C=O) groups is 1. The number of amides is 1. The molecule has 0 bridgehead atoms. The standard InChI is InChI=1S/C11H22BrNO/c1-6-7-11(4,5)13-10(14)9(12)8(2)3/h8-9H,6-7H2,1-5H3,(H,13,14). The number of hydrogen-bond acceptors (Lipinski definition) is 1. The van der Waals surface area contributed by atoms with E-state index in [2.05, 4.69) is 42.0 Å². The van der Waals surface area contributed by atoms with Gasteiger partial charge in [0.2, 0.25) is 5.91 Å². The Morgan fingerprint density at radius 1 is 1.43 bits per heavy atom. The summed E-state index contributed by atoms with van der Waals surface area (Å²) < 4.78 is 0. The number of carbonyl (C=O) groups excluding carboxylic acids is 1. The lowest BCUT2D eigenvalue weighted by molar-refractivity contribution is -0.122. The van der Waals surface area contributed by atoms with Crippen LogP contribution in [0.1, 0.15) is 47.5 Å². The highest BCUT2D eigenvalue weighted by Crippen LogP contribution is 2.16. The first kappa shape index (κ1) is 13.9. The van der Waals surface area contributed by atoms with E-state index >= 15 is 0 Å².